The Bertz CT molecular complexity index is 1880. The maximum Gasteiger partial charge on any atom is 1.00 e. The third-order valence-corrected chi connectivity index (χ3v) is 10.8. The molecule has 6 heterocycles. The Labute approximate surface area is 331 Å². The van der Waals surface area contributed by atoms with Gasteiger partial charge in [-0.25, -0.2) is 24.2 Å². The van der Waals surface area contributed by atoms with Gasteiger partial charge in [0.05, 0.1) is 19.5 Å². The normalized spacial score (nSPS) is 30.8. The maximum atomic E-state index is 12.6. The van der Waals surface area contributed by atoms with Crippen LogP contribution in [-0.4, -0.2) is 96.2 Å². The molecule has 0 saturated carbocycles. The molecule has 0 aliphatic carbocycles. The van der Waals surface area contributed by atoms with Gasteiger partial charge in [-0.2, -0.15) is 0 Å². The summed E-state index contributed by atoms with van der Waals surface area (Å²) >= 11 is 1.06. The molecule has 3 fully saturated rings. The van der Waals surface area contributed by atoms with Crippen molar-refractivity contribution in [3.8, 4) is 12.3 Å². The van der Waals surface area contributed by atoms with E-state index in [0.29, 0.717) is 5.01 Å². The molecule has 2 unspecified atom stereocenters. The van der Waals surface area contributed by atoms with Gasteiger partial charge < -0.3 is 59.5 Å². The largest absolute Gasteiger partial charge is 1.00 e. The number of carbonyl (C=O) groups excluding carboxylic acids is 1. The number of terminal acetylenes is 1. The minimum Gasteiger partial charge on any atom is -0.756 e. The molecule has 6 rings (SSSR count). The van der Waals surface area contributed by atoms with E-state index in [0.717, 1.165) is 11.3 Å². The van der Waals surface area contributed by atoms with Crippen LogP contribution >= 0.6 is 27.0 Å². The number of anilines is 1. The third kappa shape index (κ3) is 8.70. The van der Waals surface area contributed by atoms with Crippen LogP contribution in [-0.2, 0) is 41.4 Å². The van der Waals surface area contributed by atoms with Crippen LogP contribution in [0.25, 0.3) is 11.2 Å². The number of fused-ring (bicyclic) bond motifs is 2. The monoisotopic (exact) mass is 777 g/mol. The first-order valence-corrected chi connectivity index (χ1v) is 17.6. The molecule has 3 aromatic heterocycles. The van der Waals surface area contributed by atoms with E-state index in [4.69, 9.17) is 41.4 Å². The van der Waals surface area contributed by atoms with Crippen molar-refractivity contribution in [1.82, 2.24) is 24.5 Å². The summed E-state index contributed by atoms with van der Waals surface area (Å²) in [6, 6.07) is 0. The minimum absolute atomic E-state index is 0. The second-order valence-electron chi connectivity index (χ2n) is 11.1. The average molecular weight is 778 g/mol. The van der Waals surface area contributed by atoms with E-state index in [9.17, 15) is 33.9 Å². The molecule has 3 aromatic rings. The number of aliphatic hydroxyl groups is 2. The van der Waals surface area contributed by atoms with E-state index in [1.807, 2.05) is 0 Å². The van der Waals surface area contributed by atoms with E-state index in [1.165, 1.54) is 16.3 Å². The van der Waals surface area contributed by atoms with Crippen LogP contribution in [0.15, 0.2) is 11.7 Å². The maximum absolute atomic E-state index is 12.6. The van der Waals surface area contributed by atoms with Gasteiger partial charge in [-0.3, -0.25) is 18.5 Å². The van der Waals surface area contributed by atoms with Crippen molar-refractivity contribution in [3.63, 3.8) is 0 Å². The Balaban J connectivity index is 0.00000281. The topological polar surface area (TPSA) is 311 Å². The number of nitrogens with two attached hydrogens (primary N) is 2. The Morgan fingerprint density at radius 3 is 2.34 bits per heavy atom. The first-order chi connectivity index (χ1) is 22.5. The van der Waals surface area contributed by atoms with Crippen LogP contribution in [0.3, 0.4) is 0 Å². The Morgan fingerprint density at radius 1 is 1.08 bits per heavy atom. The van der Waals surface area contributed by atoms with Crippen molar-refractivity contribution in [2.24, 2.45) is 5.73 Å². The standard InChI is InChI=1S/C24H29N7O14P2S.2Na/c1-4-12-29-19(25)13-21(30-12)31(8-27-13)23-15(33)14(32)10(42-23)5-39-46(35,36)45-47(37,38)40-6-11-16-17(44-24(2,3)43-16)18(41-11)22-28-9(7-48-22)20(26)34;;/h1,7-8,10-11,14-18,23,32-33H,5-6H2,2-3H3,(H2,26,34)(H,35,36)(H,37,38)(H2,25,29,30);;/q;2*+1/p-2/t10-,11-,14-,15-,16-,17-,18-,23-;;/m1../s1. The Morgan fingerprint density at radius 2 is 1.72 bits per heavy atom. The van der Waals surface area contributed by atoms with E-state index >= 15 is 0 Å². The summed E-state index contributed by atoms with van der Waals surface area (Å²) < 4.78 is 63.1. The number of nitrogens with zero attached hydrogens (tertiary/aromatic N) is 5. The van der Waals surface area contributed by atoms with Crippen LogP contribution in [0.2, 0.25) is 0 Å². The Hall–Kier alpha value is -0.970. The summed E-state index contributed by atoms with van der Waals surface area (Å²) in [6.07, 6.45) is -3.39. The molecular formula is C24H27N7Na2O14P2S. The number of rotatable bonds is 11. The van der Waals surface area contributed by atoms with Gasteiger partial charge in [0.25, 0.3) is 21.6 Å². The quantitative estimate of drug-likeness (QED) is 0.0798. The van der Waals surface area contributed by atoms with Crippen molar-refractivity contribution in [1.29, 1.82) is 0 Å². The van der Waals surface area contributed by atoms with Crippen LogP contribution < -0.4 is 80.4 Å². The molecule has 0 radical (unpaired) electrons. The second kappa shape index (κ2) is 15.8. The fourth-order valence-electron chi connectivity index (χ4n) is 5.33. The molecule has 26 heteroatoms. The van der Waals surface area contributed by atoms with Crippen molar-refractivity contribution in [3.05, 3.63) is 28.2 Å². The fraction of sp³-hybridized carbons (Fsp3) is 0.542. The van der Waals surface area contributed by atoms with Crippen LogP contribution in [0.1, 0.15) is 47.5 Å². The SMILES string of the molecule is C#Cc1nc(N)c2ncn([C@@H]3O[C@H](COP(=O)([O-])OP(=O)([O-])OC[C@H]4O[C@@H](c5nc(C(N)=O)cs5)[C@@H]5OC(C)(C)O[C@@H]54)[C@@H](O)[C@H]3O)c2n1.[Na+].[Na+]. The number of carbonyl (C=O) groups is 1. The zero-order chi connectivity index (χ0) is 34.8. The molecular weight excluding hydrogens is 750 g/mol. The van der Waals surface area contributed by atoms with Crippen molar-refractivity contribution in [2.45, 2.75) is 68.6 Å². The summed E-state index contributed by atoms with van der Waals surface area (Å²) in [5, 5.41) is 22.9. The summed E-state index contributed by atoms with van der Waals surface area (Å²) in [5.41, 5.74) is 11.3. The molecule has 1 amide bonds. The van der Waals surface area contributed by atoms with E-state index in [-0.39, 0.29) is 87.6 Å². The first-order valence-electron chi connectivity index (χ1n) is 13.8. The number of hydrogen-bond donors (Lipinski definition) is 4. The number of nitrogen functional groups attached to an aromatic ring is 1. The molecule has 6 N–H and O–H groups in total. The number of aromatic nitrogens is 5. The number of imidazole rings is 1. The summed E-state index contributed by atoms with van der Waals surface area (Å²) in [7, 11) is -11.3. The molecule has 50 heavy (non-hydrogen) atoms. The van der Waals surface area contributed by atoms with Crippen LogP contribution in [0, 0.1) is 12.3 Å². The van der Waals surface area contributed by atoms with Crippen molar-refractivity contribution < 1.29 is 125 Å². The molecule has 3 aliphatic rings. The van der Waals surface area contributed by atoms with Gasteiger partial charge in [0, 0.05) is 5.38 Å². The van der Waals surface area contributed by atoms with E-state index < -0.39 is 89.5 Å². The van der Waals surface area contributed by atoms with Crippen LogP contribution in [0.4, 0.5) is 5.82 Å². The fourth-order valence-corrected chi connectivity index (χ4v) is 8.22. The molecule has 0 aromatic carbocycles. The van der Waals surface area contributed by atoms with Gasteiger partial charge in [0.15, 0.2) is 23.5 Å². The van der Waals surface area contributed by atoms with E-state index in [1.54, 1.807) is 13.8 Å². The molecule has 10 atom stereocenters. The minimum atomic E-state index is -5.67. The van der Waals surface area contributed by atoms with Crippen molar-refractivity contribution >= 4 is 49.9 Å². The molecule has 260 valence electrons. The van der Waals surface area contributed by atoms with Gasteiger partial charge in [-0.1, -0.05) is 0 Å². The zero-order valence-electron chi connectivity index (χ0n) is 26.8. The summed E-state index contributed by atoms with van der Waals surface area (Å²) in [6.45, 7) is 1.49. The van der Waals surface area contributed by atoms with E-state index in [2.05, 4.69) is 34.7 Å². The van der Waals surface area contributed by atoms with Gasteiger partial charge in [0.2, 0.25) is 5.82 Å². The van der Waals surface area contributed by atoms with Crippen LogP contribution in [0.5, 0.6) is 0 Å². The second-order valence-corrected chi connectivity index (χ2v) is 15.0. The number of primary amides is 1. The molecule has 3 aliphatic heterocycles. The number of thiazole rings is 1. The zero-order valence-corrected chi connectivity index (χ0v) is 33.4. The predicted molar refractivity (Wildman–Crippen MR) is 154 cm³/mol. The number of ether oxygens (including phenoxy) is 4. The number of hydrogen-bond acceptors (Lipinski definition) is 20. The number of amides is 1. The molecule has 0 spiro atoms. The Kier molecular flexibility index (Phi) is 13.2. The summed E-state index contributed by atoms with van der Waals surface area (Å²) in [5.74, 6) is 0.199. The third-order valence-electron chi connectivity index (χ3n) is 7.35. The first kappa shape index (κ1) is 41.8. The number of phosphoric acid groups is 2. The van der Waals surface area contributed by atoms with Crippen molar-refractivity contribution in [2.75, 3.05) is 18.9 Å². The average Bonchev–Trinajstić information content (AvgIpc) is 3.81. The molecule has 21 nitrogen and oxygen atoms in total. The van der Waals surface area contributed by atoms with Gasteiger partial charge in [-0.05, 0) is 19.8 Å². The molecule has 3 saturated heterocycles. The molecule has 0 bridgehead atoms. The smallest absolute Gasteiger partial charge is 0.756 e. The predicted octanol–water partition coefficient (Wildman–Crippen LogP) is -7.78. The van der Waals surface area contributed by atoms with Gasteiger partial charge >= 0.3 is 59.1 Å². The summed E-state index contributed by atoms with van der Waals surface area (Å²) in [4.78, 5) is 52.7. The number of aliphatic hydroxyl groups excluding tert-OH is 2. The van der Waals surface area contributed by atoms with Gasteiger partial charge in [-0.15, -0.1) is 17.8 Å². The van der Waals surface area contributed by atoms with Gasteiger partial charge in [0.1, 0.15) is 58.9 Å². The number of phosphoric ester groups is 2.